The summed E-state index contributed by atoms with van der Waals surface area (Å²) in [5.41, 5.74) is 5.40. The van der Waals surface area contributed by atoms with E-state index in [1.807, 2.05) is 56.3 Å². The normalized spacial score (nSPS) is 14.9. The minimum absolute atomic E-state index is 0.146. The third kappa shape index (κ3) is 2.74. The van der Waals surface area contributed by atoms with Crippen LogP contribution in [0.25, 0.3) is 11.3 Å². The van der Waals surface area contributed by atoms with Gasteiger partial charge in [0.15, 0.2) is 5.65 Å². The lowest BCUT2D eigenvalue weighted by molar-refractivity contribution is 0.402. The molecule has 0 aliphatic carbocycles. The van der Waals surface area contributed by atoms with Crippen LogP contribution in [-0.4, -0.2) is 29.4 Å². The van der Waals surface area contributed by atoms with Crippen molar-refractivity contribution in [1.82, 2.24) is 29.4 Å². The summed E-state index contributed by atoms with van der Waals surface area (Å²) in [6.07, 6.45) is 1.63. The summed E-state index contributed by atoms with van der Waals surface area (Å²) in [6.45, 7) is 3.86. The van der Waals surface area contributed by atoms with Gasteiger partial charge in [-0.3, -0.25) is 0 Å². The number of aromatic nitrogens is 6. The third-order valence-corrected chi connectivity index (χ3v) is 5.75. The van der Waals surface area contributed by atoms with Gasteiger partial charge in [0.2, 0.25) is 11.8 Å². The van der Waals surface area contributed by atoms with Crippen molar-refractivity contribution in [3.05, 3.63) is 94.2 Å². The van der Waals surface area contributed by atoms with Crippen LogP contribution in [0.15, 0.2) is 60.9 Å². The van der Waals surface area contributed by atoms with Crippen LogP contribution in [0, 0.1) is 13.8 Å². The Morgan fingerprint density at radius 3 is 2.61 bits per heavy atom. The summed E-state index contributed by atoms with van der Waals surface area (Å²) >= 11 is 6.25. The standard InChI is InChI=1S/C23H17ClN6O/c1-13-18-19(15-7-4-3-5-8-15)20-21-26-14(2)28-29(21)12-25-22(20)31-23(18)30(27-13)17-10-6-9-16(24)11-17/h3-12,19H,1-2H3. The highest BCUT2D eigenvalue weighted by atomic mass is 35.5. The van der Waals surface area contributed by atoms with E-state index < -0.39 is 0 Å². The van der Waals surface area contributed by atoms with E-state index in [0.29, 0.717) is 22.6 Å². The van der Waals surface area contributed by atoms with E-state index in [9.17, 15) is 0 Å². The molecule has 0 saturated heterocycles. The first kappa shape index (κ1) is 18.1. The smallest absolute Gasteiger partial charge is 0.230 e. The number of benzene rings is 2. The van der Waals surface area contributed by atoms with Gasteiger partial charge in [-0.1, -0.05) is 48.0 Å². The predicted molar refractivity (Wildman–Crippen MR) is 116 cm³/mol. The third-order valence-electron chi connectivity index (χ3n) is 5.51. The van der Waals surface area contributed by atoms with Gasteiger partial charge in [-0.15, -0.1) is 0 Å². The van der Waals surface area contributed by atoms with Crippen LogP contribution in [0.1, 0.15) is 34.1 Å². The molecule has 1 aliphatic rings. The molecule has 1 aliphatic heterocycles. The molecule has 152 valence electrons. The van der Waals surface area contributed by atoms with Gasteiger partial charge < -0.3 is 4.74 Å². The van der Waals surface area contributed by atoms with Gasteiger partial charge in [0.1, 0.15) is 12.2 Å². The Balaban J connectivity index is 1.67. The second-order valence-corrected chi connectivity index (χ2v) is 7.97. The van der Waals surface area contributed by atoms with Gasteiger partial charge in [-0.05, 0) is 37.6 Å². The number of hydrogen-bond acceptors (Lipinski definition) is 5. The van der Waals surface area contributed by atoms with Crippen molar-refractivity contribution in [3.63, 3.8) is 0 Å². The molecule has 1 atom stereocenters. The second kappa shape index (κ2) is 6.65. The Labute approximate surface area is 182 Å². The molecule has 31 heavy (non-hydrogen) atoms. The summed E-state index contributed by atoms with van der Waals surface area (Å²) in [4.78, 5) is 9.24. The molecule has 0 saturated carbocycles. The Kier molecular flexibility index (Phi) is 3.88. The van der Waals surface area contributed by atoms with Gasteiger partial charge in [-0.2, -0.15) is 10.2 Å². The zero-order chi connectivity index (χ0) is 21.1. The summed E-state index contributed by atoms with van der Waals surface area (Å²) in [7, 11) is 0. The minimum atomic E-state index is -0.146. The van der Waals surface area contributed by atoms with Crippen molar-refractivity contribution in [1.29, 1.82) is 0 Å². The highest BCUT2D eigenvalue weighted by Crippen LogP contribution is 2.49. The molecule has 6 rings (SSSR count). The van der Waals surface area contributed by atoms with Crippen LogP contribution in [0.4, 0.5) is 0 Å². The van der Waals surface area contributed by atoms with Crippen LogP contribution < -0.4 is 4.74 Å². The van der Waals surface area contributed by atoms with Crippen molar-refractivity contribution in [2.45, 2.75) is 19.8 Å². The summed E-state index contributed by atoms with van der Waals surface area (Å²) in [5, 5.41) is 9.89. The fraction of sp³-hybridized carbons (Fsp3) is 0.130. The molecule has 0 amide bonds. The van der Waals surface area contributed by atoms with E-state index in [1.165, 1.54) is 0 Å². The quantitative estimate of drug-likeness (QED) is 0.393. The molecule has 2 aromatic carbocycles. The molecule has 4 heterocycles. The molecule has 0 radical (unpaired) electrons. The van der Waals surface area contributed by atoms with Crippen molar-refractivity contribution in [2.75, 3.05) is 0 Å². The van der Waals surface area contributed by atoms with Crippen LogP contribution >= 0.6 is 11.6 Å². The average Bonchev–Trinajstić information content (AvgIpc) is 3.32. The highest BCUT2D eigenvalue weighted by Gasteiger charge is 2.37. The number of ether oxygens (including phenoxy) is 1. The molecule has 3 aromatic heterocycles. The molecule has 1 unspecified atom stereocenters. The Bertz CT molecular complexity index is 1460. The zero-order valence-corrected chi connectivity index (χ0v) is 17.6. The summed E-state index contributed by atoms with van der Waals surface area (Å²) < 4.78 is 9.85. The number of fused-ring (bicyclic) bond motifs is 4. The Hall–Kier alpha value is -3.71. The van der Waals surface area contributed by atoms with E-state index in [4.69, 9.17) is 21.4 Å². The van der Waals surface area contributed by atoms with E-state index in [1.54, 1.807) is 15.5 Å². The van der Waals surface area contributed by atoms with Crippen LogP contribution in [0.5, 0.6) is 11.8 Å². The molecule has 7 nitrogen and oxygen atoms in total. The van der Waals surface area contributed by atoms with Gasteiger partial charge in [0.25, 0.3) is 0 Å². The highest BCUT2D eigenvalue weighted by molar-refractivity contribution is 6.30. The van der Waals surface area contributed by atoms with Gasteiger partial charge in [-0.25, -0.2) is 19.2 Å². The van der Waals surface area contributed by atoms with Gasteiger partial charge in [0.05, 0.1) is 28.4 Å². The summed E-state index contributed by atoms with van der Waals surface area (Å²) in [6, 6.07) is 17.8. The molecular weight excluding hydrogens is 412 g/mol. The molecule has 0 fully saturated rings. The van der Waals surface area contributed by atoms with Crippen molar-refractivity contribution < 1.29 is 4.74 Å². The zero-order valence-electron chi connectivity index (χ0n) is 16.8. The van der Waals surface area contributed by atoms with Crippen molar-refractivity contribution in [3.8, 4) is 17.4 Å². The fourth-order valence-electron chi connectivity index (χ4n) is 4.25. The van der Waals surface area contributed by atoms with Crippen LogP contribution in [-0.2, 0) is 0 Å². The lowest BCUT2D eigenvalue weighted by Gasteiger charge is -2.26. The molecule has 5 aromatic rings. The molecule has 0 N–H and O–H groups in total. The minimum Gasteiger partial charge on any atom is -0.420 e. The molecule has 0 bridgehead atoms. The summed E-state index contributed by atoms with van der Waals surface area (Å²) in [5.74, 6) is 1.67. The molecular formula is C23H17ClN6O. The fourth-order valence-corrected chi connectivity index (χ4v) is 4.43. The van der Waals surface area contributed by atoms with Gasteiger partial charge in [0, 0.05) is 5.02 Å². The number of aryl methyl sites for hydroxylation is 2. The Morgan fingerprint density at radius 2 is 1.81 bits per heavy atom. The van der Waals surface area contributed by atoms with Gasteiger partial charge >= 0.3 is 0 Å². The number of halogens is 1. The largest absolute Gasteiger partial charge is 0.420 e. The second-order valence-electron chi connectivity index (χ2n) is 7.53. The number of hydrogen-bond donors (Lipinski definition) is 0. The van der Waals surface area contributed by atoms with E-state index in [-0.39, 0.29) is 5.92 Å². The first-order valence-electron chi connectivity index (χ1n) is 9.90. The lowest BCUT2D eigenvalue weighted by atomic mass is 9.84. The average molecular weight is 429 g/mol. The molecule has 8 heteroatoms. The first-order chi connectivity index (χ1) is 15.1. The predicted octanol–water partition coefficient (Wildman–Crippen LogP) is 4.87. The van der Waals surface area contributed by atoms with E-state index in [0.717, 1.165) is 33.7 Å². The monoisotopic (exact) mass is 428 g/mol. The van der Waals surface area contributed by atoms with Crippen molar-refractivity contribution in [2.24, 2.45) is 0 Å². The maximum atomic E-state index is 6.36. The SMILES string of the molecule is Cc1nc2c3c(ncn2n1)Oc1c(c(C)nn1-c1cccc(Cl)c1)C3c1ccccc1. The topological polar surface area (TPSA) is 70.1 Å². The van der Waals surface area contributed by atoms with E-state index in [2.05, 4.69) is 27.2 Å². The number of nitrogens with zero attached hydrogens (tertiary/aromatic N) is 6. The maximum absolute atomic E-state index is 6.36. The molecule has 0 spiro atoms. The Morgan fingerprint density at radius 1 is 0.968 bits per heavy atom. The van der Waals surface area contributed by atoms with E-state index >= 15 is 0 Å². The number of rotatable bonds is 2. The first-order valence-corrected chi connectivity index (χ1v) is 10.3. The maximum Gasteiger partial charge on any atom is 0.230 e. The lowest BCUT2D eigenvalue weighted by Crippen LogP contribution is -2.16. The van der Waals surface area contributed by atoms with Crippen molar-refractivity contribution >= 4 is 17.2 Å². The van der Waals surface area contributed by atoms with Crippen LogP contribution in [0.3, 0.4) is 0 Å². The van der Waals surface area contributed by atoms with Crippen LogP contribution in [0.2, 0.25) is 5.02 Å².